The molecule has 1 aromatic carbocycles. The first kappa shape index (κ1) is 16.4. The summed E-state index contributed by atoms with van der Waals surface area (Å²) in [5, 5.41) is 14.5. The maximum absolute atomic E-state index is 12.9. The van der Waals surface area contributed by atoms with Gasteiger partial charge in [-0.2, -0.15) is 0 Å². The van der Waals surface area contributed by atoms with Crippen molar-refractivity contribution in [2.75, 3.05) is 0 Å². The van der Waals surface area contributed by atoms with Crippen LogP contribution in [-0.4, -0.2) is 38.1 Å². The van der Waals surface area contributed by atoms with E-state index in [-0.39, 0.29) is 18.7 Å². The van der Waals surface area contributed by atoms with E-state index in [1.807, 2.05) is 31.2 Å². The molecule has 0 saturated carbocycles. The molecule has 0 aliphatic carbocycles. The van der Waals surface area contributed by atoms with Crippen LogP contribution in [0.15, 0.2) is 34.9 Å². The number of rotatable bonds is 4. The lowest BCUT2D eigenvalue weighted by Gasteiger charge is -2.32. The van der Waals surface area contributed by atoms with Crippen LogP contribution >= 0.6 is 0 Å². The van der Waals surface area contributed by atoms with Crippen LogP contribution in [0, 0.1) is 0 Å². The largest absolute Gasteiger partial charge is 0.480 e. The highest BCUT2D eigenvalue weighted by atomic mass is 16.5. The molecule has 1 atom stereocenters. The van der Waals surface area contributed by atoms with Crippen molar-refractivity contribution in [2.24, 2.45) is 0 Å². The Balaban J connectivity index is 1.70. The second kappa shape index (κ2) is 6.33. The second-order valence-electron chi connectivity index (χ2n) is 6.55. The van der Waals surface area contributed by atoms with Crippen molar-refractivity contribution in [2.45, 2.75) is 38.8 Å². The van der Waals surface area contributed by atoms with E-state index in [4.69, 9.17) is 4.52 Å². The number of carboxylic acid groups (broad SMARTS) is 1. The number of aliphatic carboxylic acids is 1. The first-order chi connectivity index (χ1) is 12.6. The molecule has 1 aliphatic rings. The first-order valence-electron chi connectivity index (χ1n) is 8.66. The molecule has 7 heteroatoms. The molecule has 134 valence electrons. The summed E-state index contributed by atoms with van der Waals surface area (Å²) in [6.45, 7) is 2.21. The zero-order valence-corrected chi connectivity index (χ0v) is 14.4. The third kappa shape index (κ3) is 2.65. The van der Waals surface area contributed by atoms with Crippen LogP contribution in [0.1, 0.15) is 40.9 Å². The molecule has 2 N–H and O–H groups in total. The van der Waals surface area contributed by atoms with E-state index in [2.05, 4.69) is 10.1 Å². The summed E-state index contributed by atoms with van der Waals surface area (Å²) in [7, 11) is 0. The molecule has 26 heavy (non-hydrogen) atoms. The Kier molecular flexibility index (Phi) is 3.99. The third-order valence-electron chi connectivity index (χ3n) is 4.82. The monoisotopic (exact) mass is 353 g/mol. The number of aryl methyl sites for hydroxylation is 1. The van der Waals surface area contributed by atoms with Gasteiger partial charge in [0, 0.05) is 35.5 Å². The van der Waals surface area contributed by atoms with E-state index in [1.165, 1.54) is 4.90 Å². The van der Waals surface area contributed by atoms with Gasteiger partial charge in [0.25, 0.3) is 5.91 Å². The lowest BCUT2D eigenvalue weighted by Crippen LogP contribution is -2.48. The van der Waals surface area contributed by atoms with Gasteiger partial charge in [-0.3, -0.25) is 4.79 Å². The van der Waals surface area contributed by atoms with Gasteiger partial charge in [0.2, 0.25) is 0 Å². The lowest BCUT2D eigenvalue weighted by atomic mass is 9.96. The molecule has 3 aromatic rings. The predicted molar refractivity (Wildman–Crippen MR) is 93.8 cm³/mol. The van der Waals surface area contributed by atoms with Crippen LogP contribution in [0.5, 0.6) is 0 Å². The van der Waals surface area contributed by atoms with Crippen molar-refractivity contribution in [3.8, 4) is 0 Å². The van der Waals surface area contributed by atoms with E-state index in [0.717, 1.165) is 28.6 Å². The summed E-state index contributed by atoms with van der Waals surface area (Å²) in [4.78, 5) is 29.4. The van der Waals surface area contributed by atoms with Gasteiger partial charge in [0.1, 0.15) is 11.8 Å². The molecule has 2 aromatic heterocycles. The number of amides is 1. The topological polar surface area (TPSA) is 99.4 Å². The average Bonchev–Trinajstić information content (AvgIpc) is 3.24. The Morgan fingerprint density at radius 3 is 2.96 bits per heavy atom. The second-order valence-corrected chi connectivity index (χ2v) is 6.55. The minimum Gasteiger partial charge on any atom is -0.480 e. The zero-order valence-electron chi connectivity index (χ0n) is 14.4. The number of nitrogens with one attached hydrogen (secondary N) is 1. The molecule has 0 bridgehead atoms. The molecular formula is C19H19N3O4. The molecule has 0 fully saturated rings. The fourth-order valence-electron chi connectivity index (χ4n) is 3.57. The number of carboxylic acids is 1. The first-order valence-corrected chi connectivity index (χ1v) is 8.66. The summed E-state index contributed by atoms with van der Waals surface area (Å²) in [5.41, 5.74) is 2.93. The van der Waals surface area contributed by atoms with Crippen LogP contribution < -0.4 is 0 Å². The Morgan fingerprint density at radius 2 is 2.19 bits per heavy atom. The number of aromatic nitrogens is 2. The Hall–Kier alpha value is -3.09. The van der Waals surface area contributed by atoms with Crippen molar-refractivity contribution >= 4 is 22.8 Å². The highest BCUT2D eigenvalue weighted by molar-refractivity contribution is 5.96. The minimum absolute atomic E-state index is 0.152. The number of benzene rings is 1. The fourth-order valence-corrected chi connectivity index (χ4v) is 3.57. The number of H-pyrrole nitrogens is 1. The molecule has 0 saturated heterocycles. The van der Waals surface area contributed by atoms with E-state index >= 15 is 0 Å². The van der Waals surface area contributed by atoms with Crippen LogP contribution in [0.25, 0.3) is 10.9 Å². The number of fused-ring (bicyclic) bond motifs is 3. The van der Waals surface area contributed by atoms with E-state index in [9.17, 15) is 14.7 Å². The van der Waals surface area contributed by atoms with Gasteiger partial charge >= 0.3 is 5.97 Å². The van der Waals surface area contributed by atoms with Gasteiger partial charge in [0.05, 0.1) is 6.54 Å². The van der Waals surface area contributed by atoms with Crippen LogP contribution in [0.4, 0.5) is 0 Å². The third-order valence-corrected chi connectivity index (χ3v) is 4.82. The van der Waals surface area contributed by atoms with Gasteiger partial charge in [-0.15, -0.1) is 0 Å². The maximum atomic E-state index is 12.9. The quantitative estimate of drug-likeness (QED) is 0.751. The van der Waals surface area contributed by atoms with Gasteiger partial charge in [-0.1, -0.05) is 30.3 Å². The molecular weight excluding hydrogens is 334 g/mol. The average molecular weight is 353 g/mol. The van der Waals surface area contributed by atoms with Gasteiger partial charge < -0.3 is 19.5 Å². The highest BCUT2D eigenvalue weighted by Gasteiger charge is 2.37. The van der Waals surface area contributed by atoms with Crippen LogP contribution in [0.2, 0.25) is 0 Å². The van der Waals surface area contributed by atoms with E-state index in [0.29, 0.717) is 12.2 Å². The lowest BCUT2D eigenvalue weighted by molar-refractivity contribution is -0.142. The van der Waals surface area contributed by atoms with Crippen molar-refractivity contribution in [3.05, 3.63) is 53.0 Å². The fraction of sp³-hybridized carbons (Fsp3) is 0.316. The number of hydrogen-bond acceptors (Lipinski definition) is 4. The number of hydrogen-bond donors (Lipinski definition) is 2. The Bertz CT molecular complexity index is 988. The van der Waals surface area contributed by atoms with Crippen molar-refractivity contribution in [1.82, 2.24) is 15.0 Å². The molecule has 4 rings (SSSR count). The molecule has 0 radical (unpaired) electrons. The summed E-state index contributed by atoms with van der Waals surface area (Å²) >= 11 is 0. The molecule has 0 spiro atoms. The Labute approximate surface area is 149 Å². The maximum Gasteiger partial charge on any atom is 0.326 e. The van der Waals surface area contributed by atoms with E-state index in [1.54, 1.807) is 6.07 Å². The predicted octanol–water partition coefficient (Wildman–Crippen LogP) is 2.76. The minimum atomic E-state index is -1.02. The Morgan fingerprint density at radius 1 is 1.38 bits per heavy atom. The highest BCUT2D eigenvalue weighted by Crippen LogP contribution is 2.31. The van der Waals surface area contributed by atoms with E-state index < -0.39 is 17.9 Å². The molecule has 0 unspecified atom stereocenters. The van der Waals surface area contributed by atoms with Crippen molar-refractivity contribution in [1.29, 1.82) is 0 Å². The van der Waals surface area contributed by atoms with Crippen molar-refractivity contribution < 1.29 is 19.2 Å². The van der Waals surface area contributed by atoms with Gasteiger partial charge in [-0.25, -0.2) is 4.79 Å². The number of carbonyl (C=O) groups is 2. The number of carbonyl (C=O) groups excluding carboxylic acids is 1. The molecule has 7 nitrogen and oxygen atoms in total. The van der Waals surface area contributed by atoms with Crippen molar-refractivity contribution in [3.63, 3.8) is 0 Å². The number of aromatic amines is 1. The SMILES string of the molecule is CCCc1cc(C(=O)N2Cc3[nH]c4ccccc4c3C[C@H]2C(=O)O)no1. The summed E-state index contributed by atoms with van der Waals surface area (Å²) in [6, 6.07) is 8.44. The normalized spacial score (nSPS) is 16.7. The summed E-state index contributed by atoms with van der Waals surface area (Å²) in [6.07, 6.45) is 1.83. The number of nitrogens with zero attached hydrogens (tertiary/aromatic N) is 2. The molecule has 3 heterocycles. The summed E-state index contributed by atoms with van der Waals surface area (Å²) in [5.74, 6) is -0.814. The molecule has 1 amide bonds. The zero-order chi connectivity index (χ0) is 18.3. The summed E-state index contributed by atoms with van der Waals surface area (Å²) < 4.78 is 5.18. The van der Waals surface area contributed by atoms with Crippen LogP contribution in [-0.2, 0) is 24.2 Å². The standard InChI is InChI=1S/C19H19N3O4/c1-2-5-11-8-15(21-26-11)18(23)22-10-16-13(9-17(22)19(24)25)12-6-3-4-7-14(12)20-16/h3-4,6-8,17,20H,2,5,9-10H2,1H3,(H,24,25)/t17-/m0/s1. The smallest absolute Gasteiger partial charge is 0.326 e. The number of para-hydroxylation sites is 1. The van der Waals surface area contributed by atoms with Gasteiger partial charge in [-0.05, 0) is 18.1 Å². The van der Waals surface area contributed by atoms with Gasteiger partial charge in [0.15, 0.2) is 5.69 Å². The molecule has 1 aliphatic heterocycles. The van der Waals surface area contributed by atoms with Crippen LogP contribution in [0.3, 0.4) is 0 Å².